The summed E-state index contributed by atoms with van der Waals surface area (Å²) in [4.78, 5) is 4.93. The van der Waals surface area contributed by atoms with Crippen LogP contribution in [0.4, 0.5) is 0 Å². The van der Waals surface area contributed by atoms with Gasteiger partial charge in [-0.2, -0.15) is 0 Å². The molecule has 3 heteroatoms. The van der Waals surface area contributed by atoms with Crippen LogP contribution in [0, 0.1) is 12.8 Å². The summed E-state index contributed by atoms with van der Waals surface area (Å²) < 4.78 is 0. The van der Waals surface area contributed by atoms with Crippen molar-refractivity contribution in [2.45, 2.75) is 32.6 Å². The molecule has 136 valence electrons. The fourth-order valence-corrected chi connectivity index (χ4v) is 3.90. The van der Waals surface area contributed by atoms with Gasteiger partial charge in [0.15, 0.2) is 0 Å². The van der Waals surface area contributed by atoms with Gasteiger partial charge in [0.05, 0.1) is 11.2 Å². The van der Waals surface area contributed by atoms with Gasteiger partial charge in [0, 0.05) is 10.9 Å². The highest BCUT2D eigenvalue weighted by molar-refractivity contribution is 5.86. The molecule has 3 aromatic rings. The first-order chi connectivity index (χ1) is 12.3. The van der Waals surface area contributed by atoms with Crippen molar-refractivity contribution in [2.75, 3.05) is 13.1 Å². The summed E-state index contributed by atoms with van der Waals surface area (Å²) in [6.07, 6.45) is 5.05. The summed E-state index contributed by atoms with van der Waals surface area (Å²) in [7, 11) is 0. The van der Waals surface area contributed by atoms with Crippen molar-refractivity contribution in [3.8, 4) is 11.3 Å². The van der Waals surface area contributed by atoms with E-state index < -0.39 is 0 Å². The number of hydrogen-bond donors (Lipinski definition) is 1. The van der Waals surface area contributed by atoms with E-state index in [2.05, 4.69) is 66.8 Å². The van der Waals surface area contributed by atoms with E-state index in [0.717, 1.165) is 23.5 Å². The number of aryl methyl sites for hydroxylation is 2. The number of aromatic nitrogens is 1. The molecule has 4 rings (SSSR count). The molecule has 0 unspecified atom stereocenters. The van der Waals surface area contributed by atoms with Crippen LogP contribution >= 0.6 is 12.4 Å². The van der Waals surface area contributed by atoms with Crippen LogP contribution in [0.2, 0.25) is 0 Å². The minimum Gasteiger partial charge on any atom is -0.317 e. The molecule has 0 atom stereocenters. The third-order valence-corrected chi connectivity index (χ3v) is 5.40. The second kappa shape index (κ2) is 8.66. The van der Waals surface area contributed by atoms with E-state index in [9.17, 15) is 0 Å². The molecule has 1 N–H and O–H groups in total. The Balaban J connectivity index is 0.00000196. The number of piperidine rings is 1. The van der Waals surface area contributed by atoms with Gasteiger partial charge in [-0.25, -0.2) is 4.98 Å². The van der Waals surface area contributed by atoms with Crippen molar-refractivity contribution in [3.05, 3.63) is 65.7 Å². The van der Waals surface area contributed by atoms with Gasteiger partial charge in [-0.15, -0.1) is 12.4 Å². The molecule has 1 saturated heterocycles. The van der Waals surface area contributed by atoms with Gasteiger partial charge < -0.3 is 5.32 Å². The fourth-order valence-electron chi connectivity index (χ4n) is 3.90. The maximum absolute atomic E-state index is 4.93. The van der Waals surface area contributed by atoms with E-state index in [-0.39, 0.29) is 12.4 Å². The molecule has 0 radical (unpaired) electrons. The molecule has 1 aliphatic rings. The first kappa shape index (κ1) is 18.9. The number of rotatable bonds is 4. The quantitative estimate of drug-likeness (QED) is 0.653. The Kier molecular flexibility index (Phi) is 6.29. The zero-order valence-electron chi connectivity index (χ0n) is 15.4. The van der Waals surface area contributed by atoms with E-state index in [1.165, 1.54) is 54.4 Å². The van der Waals surface area contributed by atoms with Gasteiger partial charge in [0.2, 0.25) is 0 Å². The number of fused-ring (bicyclic) bond motifs is 1. The summed E-state index contributed by atoms with van der Waals surface area (Å²) in [5.74, 6) is 0.856. The maximum Gasteiger partial charge on any atom is 0.0712 e. The Hall–Kier alpha value is -1.90. The van der Waals surface area contributed by atoms with Crippen molar-refractivity contribution < 1.29 is 0 Å². The molecular formula is C23H27ClN2. The molecule has 2 heterocycles. The van der Waals surface area contributed by atoms with E-state index in [4.69, 9.17) is 4.98 Å². The maximum atomic E-state index is 4.93. The fraction of sp³-hybridized carbons (Fsp3) is 0.348. The number of nitrogens with one attached hydrogen (secondary N) is 1. The highest BCUT2D eigenvalue weighted by Crippen LogP contribution is 2.28. The average molecular weight is 367 g/mol. The van der Waals surface area contributed by atoms with E-state index in [0.29, 0.717) is 0 Å². The molecule has 1 fully saturated rings. The molecule has 0 aliphatic carbocycles. The van der Waals surface area contributed by atoms with Crippen molar-refractivity contribution >= 4 is 23.3 Å². The first-order valence-corrected chi connectivity index (χ1v) is 9.46. The third-order valence-electron chi connectivity index (χ3n) is 5.40. The Labute approximate surface area is 162 Å². The summed E-state index contributed by atoms with van der Waals surface area (Å²) >= 11 is 0. The summed E-state index contributed by atoms with van der Waals surface area (Å²) in [5, 5.41) is 4.80. The lowest BCUT2D eigenvalue weighted by molar-refractivity contribution is 0.354. The predicted molar refractivity (Wildman–Crippen MR) is 113 cm³/mol. The largest absolute Gasteiger partial charge is 0.317 e. The van der Waals surface area contributed by atoms with Gasteiger partial charge in [0.1, 0.15) is 0 Å². The number of pyridine rings is 1. The molecule has 0 amide bonds. The molecule has 2 aromatic carbocycles. The van der Waals surface area contributed by atoms with E-state index >= 15 is 0 Å². The summed E-state index contributed by atoms with van der Waals surface area (Å²) in [6.45, 7) is 4.52. The normalized spacial score (nSPS) is 15.0. The van der Waals surface area contributed by atoms with Gasteiger partial charge in [-0.05, 0) is 75.4 Å². The zero-order chi connectivity index (χ0) is 17.1. The topological polar surface area (TPSA) is 24.9 Å². The lowest BCUT2D eigenvalue weighted by Crippen LogP contribution is -2.27. The van der Waals surface area contributed by atoms with Crippen LogP contribution in [0.25, 0.3) is 22.2 Å². The number of halogens is 1. The first-order valence-electron chi connectivity index (χ1n) is 9.46. The monoisotopic (exact) mass is 366 g/mol. The van der Waals surface area contributed by atoms with Crippen LogP contribution in [0.15, 0.2) is 54.6 Å². The molecule has 1 aliphatic heterocycles. The highest BCUT2D eigenvalue weighted by atomic mass is 35.5. The van der Waals surface area contributed by atoms with E-state index in [1.54, 1.807) is 0 Å². The molecular weight excluding hydrogens is 340 g/mol. The molecule has 0 spiro atoms. The Bertz CT molecular complexity index is 855. The molecule has 26 heavy (non-hydrogen) atoms. The minimum atomic E-state index is 0. The van der Waals surface area contributed by atoms with Crippen LogP contribution in [0.5, 0.6) is 0 Å². The molecule has 1 aromatic heterocycles. The lowest BCUT2D eigenvalue weighted by atomic mass is 9.90. The van der Waals surface area contributed by atoms with Crippen molar-refractivity contribution in [1.82, 2.24) is 10.3 Å². The standard InChI is InChI=1S/C23H26N2.ClH/c1-17-7-10-22-21(15-17)20(9-8-18-11-13-24-14-12-18)16-23(25-22)19-5-3-2-4-6-19;/h2-7,10,15-16,18,24H,8-9,11-14H2,1H3;1H. The SMILES string of the molecule is Cc1ccc2nc(-c3ccccc3)cc(CCC3CCNCC3)c2c1.Cl. The number of nitrogens with zero attached hydrogens (tertiary/aromatic N) is 1. The molecule has 0 saturated carbocycles. The lowest BCUT2D eigenvalue weighted by Gasteiger charge is -2.22. The second-order valence-electron chi connectivity index (χ2n) is 7.29. The Morgan fingerprint density at radius 3 is 2.54 bits per heavy atom. The molecule has 2 nitrogen and oxygen atoms in total. The van der Waals surface area contributed by atoms with Crippen LogP contribution in [-0.2, 0) is 6.42 Å². The smallest absolute Gasteiger partial charge is 0.0712 e. The van der Waals surface area contributed by atoms with Crippen LogP contribution in [-0.4, -0.2) is 18.1 Å². The van der Waals surface area contributed by atoms with Crippen LogP contribution in [0.1, 0.15) is 30.4 Å². The Morgan fingerprint density at radius 1 is 1.00 bits per heavy atom. The number of hydrogen-bond acceptors (Lipinski definition) is 2. The van der Waals surface area contributed by atoms with Gasteiger partial charge in [-0.3, -0.25) is 0 Å². The van der Waals surface area contributed by atoms with Crippen molar-refractivity contribution in [3.63, 3.8) is 0 Å². The third kappa shape index (κ3) is 4.25. The second-order valence-corrected chi connectivity index (χ2v) is 7.29. The van der Waals surface area contributed by atoms with Crippen molar-refractivity contribution in [1.29, 1.82) is 0 Å². The Morgan fingerprint density at radius 2 is 1.77 bits per heavy atom. The average Bonchev–Trinajstić information content (AvgIpc) is 2.67. The van der Waals surface area contributed by atoms with Gasteiger partial charge in [0.25, 0.3) is 0 Å². The number of benzene rings is 2. The minimum absolute atomic E-state index is 0. The predicted octanol–water partition coefficient (Wildman–Crippen LogP) is 5.56. The molecule has 0 bridgehead atoms. The van der Waals surface area contributed by atoms with Crippen molar-refractivity contribution in [2.24, 2.45) is 5.92 Å². The summed E-state index contributed by atoms with van der Waals surface area (Å²) in [6, 6.07) is 19.5. The van der Waals surface area contributed by atoms with Gasteiger partial charge in [-0.1, -0.05) is 42.0 Å². The van der Waals surface area contributed by atoms with E-state index in [1.807, 2.05) is 0 Å². The van der Waals surface area contributed by atoms with Crippen LogP contribution in [0.3, 0.4) is 0 Å². The summed E-state index contributed by atoms with van der Waals surface area (Å²) in [5.41, 5.74) is 6.17. The van der Waals surface area contributed by atoms with Gasteiger partial charge >= 0.3 is 0 Å². The van der Waals surface area contributed by atoms with Crippen LogP contribution < -0.4 is 5.32 Å². The highest BCUT2D eigenvalue weighted by Gasteiger charge is 2.14. The zero-order valence-corrected chi connectivity index (χ0v) is 16.2.